The Balaban J connectivity index is 2.65. The maximum Gasteiger partial charge on any atom is 0.276 e. The van der Waals surface area contributed by atoms with Crippen molar-refractivity contribution >= 4 is 17.7 Å². The summed E-state index contributed by atoms with van der Waals surface area (Å²) in [5.74, 6) is -1.88. The van der Waals surface area contributed by atoms with Gasteiger partial charge in [-0.05, 0) is 0 Å². The summed E-state index contributed by atoms with van der Waals surface area (Å²) >= 11 is 0. The van der Waals surface area contributed by atoms with Gasteiger partial charge in [0.25, 0.3) is 11.8 Å². The quantitative estimate of drug-likeness (QED) is 0.377. The summed E-state index contributed by atoms with van der Waals surface area (Å²) in [5, 5.41) is 11.0. The Labute approximate surface area is 68.1 Å². The second-order valence-corrected chi connectivity index (χ2v) is 2.50. The van der Waals surface area contributed by atoms with Gasteiger partial charge in [0.1, 0.15) is 6.04 Å². The van der Waals surface area contributed by atoms with Gasteiger partial charge in [0.15, 0.2) is 0 Å². The van der Waals surface area contributed by atoms with E-state index in [0.717, 1.165) is 0 Å². The van der Waals surface area contributed by atoms with Crippen LogP contribution in [0.25, 0.3) is 0 Å². The van der Waals surface area contributed by atoms with Crippen LogP contribution in [0.4, 0.5) is 0 Å². The summed E-state index contributed by atoms with van der Waals surface area (Å²) in [6, 6.07) is -0.903. The van der Waals surface area contributed by atoms with Crippen LogP contribution in [0.1, 0.15) is 13.3 Å². The van der Waals surface area contributed by atoms with E-state index in [2.05, 4.69) is 5.32 Å². The molecule has 3 amide bonds. The Hall–Kier alpha value is -1.43. The second-order valence-electron chi connectivity index (χ2n) is 2.50. The highest BCUT2D eigenvalue weighted by Crippen LogP contribution is 2.09. The molecule has 1 aliphatic heterocycles. The van der Waals surface area contributed by atoms with E-state index >= 15 is 0 Å². The summed E-state index contributed by atoms with van der Waals surface area (Å²) in [6.45, 7) is 1.23. The average Bonchev–Trinajstić information content (AvgIpc) is 2.17. The Bertz CT molecular complexity index is 248. The molecule has 66 valence electrons. The van der Waals surface area contributed by atoms with Crippen LogP contribution in [0.2, 0.25) is 0 Å². The van der Waals surface area contributed by atoms with Crippen LogP contribution < -0.4 is 5.32 Å². The predicted molar refractivity (Wildman–Crippen MR) is 35.9 cm³/mol. The van der Waals surface area contributed by atoms with Crippen LogP contribution in [-0.4, -0.2) is 34.0 Å². The van der Waals surface area contributed by atoms with Crippen LogP contribution in [-0.2, 0) is 14.4 Å². The predicted octanol–water partition coefficient (Wildman–Crippen LogP) is -1.36. The fourth-order valence-corrected chi connectivity index (χ4v) is 0.977. The number of amides is 3. The van der Waals surface area contributed by atoms with Gasteiger partial charge in [-0.2, -0.15) is 5.06 Å². The molecule has 0 aromatic carbocycles. The number of rotatable bonds is 1. The summed E-state index contributed by atoms with van der Waals surface area (Å²) in [4.78, 5) is 32.1. The Morgan fingerprint density at radius 2 is 2.25 bits per heavy atom. The largest absolute Gasteiger partial charge is 0.344 e. The fourth-order valence-electron chi connectivity index (χ4n) is 0.977. The van der Waals surface area contributed by atoms with Crippen LogP contribution in [0, 0.1) is 0 Å². The molecule has 1 aliphatic rings. The standard InChI is InChI=1S/C6H8N2O4/c1-3(9)7-4-2-5(10)8(12)6(4)11/h4,12H,2H2,1H3,(H,7,9)/t4-/m1/s1. The average molecular weight is 172 g/mol. The molecule has 0 radical (unpaired) electrons. The molecule has 12 heavy (non-hydrogen) atoms. The lowest BCUT2D eigenvalue weighted by molar-refractivity contribution is -0.171. The van der Waals surface area contributed by atoms with Crippen molar-refractivity contribution in [1.29, 1.82) is 0 Å². The van der Waals surface area contributed by atoms with Crippen molar-refractivity contribution in [3.8, 4) is 0 Å². The van der Waals surface area contributed by atoms with Crippen LogP contribution in [0.5, 0.6) is 0 Å². The fraction of sp³-hybridized carbons (Fsp3) is 0.500. The summed E-state index contributed by atoms with van der Waals surface area (Å²) in [7, 11) is 0. The topological polar surface area (TPSA) is 86.7 Å². The van der Waals surface area contributed by atoms with Crippen molar-refractivity contribution in [3.63, 3.8) is 0 Å². The molecule has 0 saturated carbocycles. The number of nitrogens with one attached hydrogen (secondary N) is 1. The molecule has 6 heteroatoms. The number of hydrogen-bond donors (Lipinski definition) is 2. The second kappa shape index (κ2) is 2.90. The van der Waals surface area contributed by atoms with Crippen LogP contribution >= 0.6 is 0 Å². The minimum absolute atomic E-state index is 0.0284. The van der Waals surface area contributed by atoms with E-state index in [1.54, 1.807) is 0 Å². The lowest BCUT2D eigenvalue weighted by atomic mass is 10.2. The molecule has 1 fully saturated rings. The highest BCUT2D eigenvalue weighted by atomic mass is 16.5. The molecule has 1 rings (SSSR count). The number of hydrogen-bond acceptors (Lipinski definition) is 4. The van der Waals surface area contributed by atoms with Crippen molar-refractivity contribution in [2.24, 2.45) is 0 Å². The van der Waals surface area contributed by atoms with Crippen LogP contribution in [0.15, 0.2) is 0 Å². The third-order valence-electron chi connectivity index (χ3n) is 1.50. The molecule has 1 saturated heterocycles. The van der Waals surface area contributed by atoms with Gasteiger partial charge in [-0.3, -0.25) is 19.6 Å². The number of nitrogens with zero attached hydrogens (tertiary/aromatic N) is 1. The Morgan fingerprint density at radius 3 is 2.58 bits per heavy atom. The first-order valence-corrected chi connectivity index (χ1v) is 3.35. The summed E-state index contributed by atoms with van der Waals surface area (Å²) < 4.78 is 0. The molecule has 0 aromatic heterocycles. The van der Waals surface area contributed by atoms with Crippen LogP contribution in [0.3, 0.4) is 0 Å². The zero-order chi connectivity index (χ0) is 9.30. The van der Waals surface area contributed by atoms with Gasteiger partial charge >= 0.3 is 0 Å². The SMILES string of the molecule is CC(=O)N[C@@H]1CC(=O)N(O)C1=O. The van der Waals surface area contributed by atoms with Gasteiger partial charge in [-0.15, -0.1) is 0 Å². The molecule has 6 nitrogen and oxygen atoms in total. The minimum Gasteiger partial charge on any atom is -0.344 e. The lowest BCUT2D eigenvalue weighted by Crippen LogP contribution is -2.39. The molecule has 1 heterocycles. The van der Waals surface area contributed by atoms with E-state index in [0.29, 0.717) is 0 Å². The van der Waals surface area contributed by atoms with E-state index in [1.165, 1.54) is 6.92 Å². The summed E-state index contributed by atoms with van der Waals surface area (Å²) in [6.07, 6.45) is -0.172. The van der Waals surface area contributed by atoms with Crippen molar-refractivity contribution in [2.45, 2.75) is 19.4 Å². The molecular weight excluding hydrogens is 164 g/mol. The lowest BCUT2D eigenvalue weighted by Gasteiger charge is -2.06. The first-order chi connectivity index (χ1) is 5.52. The number of carbonyl (C=O) groups excluding carboxylic acids is 3. The highest BCUT2D eigenvalue weighted by molar-refractivity contribution is 6.05. The van der Waals surface area contributed by atoms with Crippen molar-refractivity contribution < 1.29 is 19.6 Å². The number of carbonyl (C=O) groups is 3. The van der Waals surface area contributed by atoms with Gasteiger partial charge in [-0.25, -0.2) is 0 Å². The zero-order valence-corrected chi connectivity index (χ0v) is 6.40. The first-order valence-electron chi connectivity index (χ1n) is 3.35. The smallest absolute Gasteiger partial charge is 0.276 e. The Morgan fingerprint density at radius 1 is 1.67 bits per heavy atom. The van der Waals surface area contributed by atoms with Gasteiger partial charge in [-0.1, -0.05) is 0 Å². The molecule has 0 aliphatic carbocycles. The molecule has 2 N–H and O–H groups in total. The van der Waals surface area contributed by atoms with Crippen molar-refractivity contribution in [3.05, 3.63) is 0 Å². The molecule has 0 aromatic rings. The van der Waals surface area contributed by atoms with Gasteiger partial charge < -0.3 is 5.32 Å². The number of imide groups is 1. The zero-order valence-electron chi connectivity index (χ0n) is 6.40. The molecule has 0 unspecified atom stereocenters. The third kappa shape index (κ3) is 1.42. The maximum atomic E-state index is 10.9. The van der Waals surface area contributed by atoms with Gasteiger partial charge in [0, 0.05) is 6.92 Å². The maximum absolute atomic E-state index is 10.9. The van der Waals surface area contributed by atoms with Crippen molar-refractivity contribution in [1.82, 2.24) is 10.4 Å². The monoisotopic (exact) mass is 172 g/mol. The van der Waals surface area contributed by atoms with Gasteiger partial charge in [0.05, 0.1) is 6.42 Å². The molecular formula is C6H8N2O4. The van der Waals surface area contributed by atoms with E-state index in [-0.39, 0.29) is 11.5 Å². The number of hydroxylamine groups is 2. The highest BCUT2D eigenvalue weighted by Gasteiger charge is 2.38. The minimum atomic E-state index is -0.903. The summed E-state index contributed by atoms with van der Waals surface area (Å²) in [5.41, 5.74) is 0. The van der Waals surface area contributed by atoms with Gasteiger partial charge in [0.2, 0.25) is 5.91 Å². The Kier molecular flexibility index (Phi) is 2.09. The molecule has 1 atom stereocenters. The van der Waals surface area contributed by atoms with E-state index in [1.807, 2.05) is 0 Å². The molecule has 0 bridgehead atoms. The van der Waals surface area contributed by atoms with E-state index in [9.17, 15) is 14.4 Å². The third-order valence-corrected chi connectivity index (χ3v) is 1.50. The first kappa shape index (κ1) is 8.66. The van der Waals surface area contributed by atoms with E-state index < -0.39 is 23.8 Å². The van der Waals surface area contributed by atoms with Crippen molar-refractivity contribution in [2.75, 3.05) is 0 Å². The normalized spacial score (nSPS) is 23.2. The molecule has 0 spiro atoms. The van der Waals surface area contributed by atoms with E-state index in [4.69, 9.17) is 5.21 Å².